The third kappa shape index (κ3) is 3.73. The van der Waals surface area contributed by atoms with Crippen LogP contribution >= 0.6 is 33.9 Å². The molecule has 1 N–H and O–H groups in total. The molecule has 0 aliphatic heterocycles. The number of benzene rings is 1. The maximum Gasteiger partial charge on any atom is 0.349 e. The molecule has 1 aromatic heterocycles. The normalized spacial score (nSPS) is 10.8. The number of aromatic carboxylic acids is 1. The molecule has 0 saturated carbocycles. The fraction of sp³-hybridized carbons (Fsp3) is 0.267. The minimum Gasteiger partial charge on any atom is -0.487 e. The molecule has 0 radical (unpaired) electrons. The first-order chi connectivity index (χ1) is 9.47. The number of halogens is 1. The maximum atomic E-state index is 11.2. The number of hydrogen-bond donors (Lipinski definition) is 1. The SMILES string of the molecule is CC(C)c1cc(OCc2ccc(I)cc2)c(C(=O)O)s1. The molecule has 0 spiro atoms. The predicted molar refractivity (Wildman–Crippen MR) is 88.9 cm³/mol. The van der Waals surface area contributed by atoms with Gasteiger partial charge in [0.25, 0.3) is 0 Å². The lowest BCUT2D eigenvalue weighted by molar-refractivity contribution is 0.0697. The largest absolute Gasteiger partial charge is 0.487 e. The number of hydrogen-bond acceptors (Lipinski definition) is 3. The standard InChI is InChI=1S/C15H15IO3S/c1-9(2)13-7-12(14(20-13)15(17)18)19-8-10-3-5-11(16)6-4-10/h3-7,9H,8H2,1-2H3,(H,17,18). The molecule has 0 fully saturated rings. The second-order valence-corrected chi connectivity index (χ2v) is 7.05. The summed E-state index contributed by atoms with van der Waals surface area (Å²) in [5.41, 5.74) is 1.03. The Kier molecular flexibility index (Phi) is 5.04. The van der Waals surface area contributed by atoms with Gasteiger partial charge in [0.15, 0.2) is 4.88 Å². The van der Waals surface area contributed by atoms with Gasteiger partial charge in [-0.15, -0.1) is 11.3 Å². The molecule has 0 saturated heterocycles. The van der Waals surface area contributed by atoms with Crippen LogP contribution in [0.15, 0.2) is 30.3 Å². The van der Waals surface area contributed by atoms with E-state index in [-0.39, 0.29) is 4.88 Å². The molecule has 20 heavy (non-hydrogen) atoms. The van der Waals surface area contributed by atoms with Crippen LogP contribution in [0.25, 0.3) is 0 Å². The van der Waals surface area contributed by atoms with E-state index in [2.05, 4.69) is 22.6 Å². The van der Waals surface area contributed by atoms with E-state index in [4.69, 9.17) is 4.74 Å². The zero-order valence-electron chi connectivity index (χ0n) is 11.2. The summed E-state index contributed by atoms with van der Waals surface area (Å²) in [6.07, 6.45) is 0. The third-order valence-corrected chi connectivity index (χ3v) is 4.91. The Bertz CT molecular complexity index is 602. The highest BCUT2D eigenvalue weighted by Crippen LogP contribution is 2.34. The van der Waals surface area contributed by atoms with Crippen molar-refractivity contribution < 1.29 is 14.6 Å². The Morgan fingerprint density at radius 3 is 2.55 bits per heavy atom. The average molecular weight is 402 g/mol. The topological polar surface area (TPSA) is 46.5 Å². The van der Waals surface area contributed by atoms with Crippen molar-refractivity contribution in [2.24, 2.45) is 0 Å². The second-order valence-electron chi connectivity index (χ2n) is 4.72. The lowest BCUT2D eigenvalue weighted by atomic mass is 10.2. The summed E-state index contributed by atoms with van der Waals surface area (Å²) in [5, 5.41) is 9.22. The predicted octanol–water partition coefficient (Wildman–Crippen LogP) is 4.75. The summed E-state index contributed by atoms with van der Waals surface area (Å²) in [6, 6.07) is 9.82. The van der Waals surface area contributed by atoms with Crippen molar-refractivity contribution in [1.29, 1.82) is 0 Å². The number of thiophene rings is 1. The fourth-order valence-corrected chi connectivity index (χ4v) is 2.98. The third-order valence-electron chi connectivity index (χ3n) is 2.79. The van der Waals surface area contributed by atoms with E-state index in [1.807, 2.05) is 44.2 Å². The number of carboxylic acids is 1. The highest BCUT2D eigenvalue weighted by molar-refractivity contribution is 14.1. The number of carboxylic acid groups (broad SMARTS) is 1. The first-order valence-electron chi connectivity index (χ1n) is 6.21. The van der Waals surface area contributed by atoms with E-state index in [0.717, 1.165) is 14.0 Å². The van der Waals surface area contributed by atoms with Gasteiger partial charge in [-0.2, -0.15) is 0 Å². The van der Waals surface area contributed by atoms with Crippen molar-refractivity contribution in [3.63, 3.8) is 0 Å². The molecule has 0 atom stereocenters. The van der Waals surface area contributed by atoms with Crippen molar-refractivity contribution >= 4 is 39.9 Å². The molecule has 1 aromatic carbocycles. The summed E-state index contributed by atoms with van der Waals surface area (Å²) in [6.45, 7) is 4.46. The van der Waals surface area contributed by atoms with Crippen molar-refractivity contribution in [1.82, 2.24) is 0 Å². The highest BCUT2D eigenvalue weighted by Gasteiger charge is 2.18. The quantitative estimate of drug-likeness (QED) is 0.735. The van der Waals surface area contributed by atoms with Crippen LogP contribution in [0.3, 0.4) is 0 Å². The molecule has 5 heteroatoms. The Labute approximate surface area is 135 Å². The van der Waals surface area contributed by atoms with E-state index >= 15 is 0 Å². The van der Waals surface area contributed by atoms with Crippen LogP contribution in [0, 0.1) is 3.57 Å². The summed E-state index contributed by atoms with van der Waals surface area (Å²) in [4.78, 5) is 12.5. The molecule has 2 aromatic rings. The summed E-state index contributed by atoms with van der Waals surface area (Å²) in [7, 11) is 0. The van der Waals surface area contributed by atoms with Gasteiger partial charge in [-0.1, -0.05) is 26.0 Å². The first kappa shape index (κ1) is 15.3. The molecular formula is C15H15IO3S. The van der Waals surface area contributed by atoms with Crippen LogP contribution in [0.1, 0.15) is 39.9 Å². The zero-order valence-corrected chi connectivity index (χ0v) is 14.2. The lowest BCUT2D eigenvalue weighted by Gasteiger charge is -2.05. The average Bonchev–Trinajstić information content (AvgIpc) is 2.82. The van der Waals surface area contributed by atoms with Gasteiger partial charge in [0.2, 0.25) is 0 Å². The first-order valence-corrected chi connectivity index (χ1v) is 8.11. The summed E-state index contributed by atoms with van der Waals surface area (Å²) in [5.74, 6) is -0.169. The van der Waals surface area contributed by atoms with Crippen molar-refractivity contribution in [2.75, 3.05) is 0 Å². The monoisotopic (exact) mass is 402 g/mol. The van der Waals surface area contributed by atoms with Crippen molar-refractivity contribution in [3.8, 4) is 5.75 Å². The van der Waals surface area contributed by atoms with Crippen LogP contribution < -0.4 is 4.74 Å². The van der Waals surface area contributed by atoms with Gasteiger partial charge in [-0.3, -0.25) is 0 Å². The fourth-order valence-electron chi connectivity index (χ4n) is 1.67. The molecule has 3 nitrogen and oxygen atoms in total. The highest BCUT2D eigenvalue weighted by atomic mass is 127. The minimum absolute atomic E-state index is 0.277. The smallest absolute Gasteiger partial charge is 0.349 e. The van der Waals surface area contributed by atoms with Crippen LogP contribution in [0.2, 0.25) is 0 Å². The molecule has 106 valence electrons. The van der Waals surface area contributed by atoms with E-state index in [0.29, 0.717) is 18.3 Å². The van der Waals surface area contributed by atoms with Gasteiger partial charge >= 0.3 is 5.97 Å². The molecule has 2 rings (SSSR count). The molecular weight excluding hydrogens is 387 g/mol. The maximum absolute atomic E-state index is 11.2. The molecule has 0 bridgehead atoms. The number of rotatable bonds is 5. The van der Waals surface area contributed by atoms with Crippen LogP contribution in [-0.2, 0) is 6.61 Å². The van der Waals surface area contributed by atoms with Crippen LogP contribution in [0.4, 0.5) is 0 Å². The summed E-state index contributed by atoms with van der Waals surface area (Å²) >= 11 is 3.53. The Morgan fingerprint density at radius 1 is 1.35 bits per heavy atom. The van der Waals surface area contributed by atoms with Gasteiger partial charge in [0.05, 0.1) is 0 Å². The van der Waals surface area contributed by atoms with Crippen LogP contribution in [0.5, 0.6) is 5.75 Å². The molecule has 1 heterocycles. The lowest BCUT2D eigenvalue weighted by Crippen LogP contribution is -2.00. The number of carbonyl (C=O) groups is 1. The van der Waals surface area contributed by atoms with E-state index in [1.165, 1.54) is 11.3 Å². The van der Waals surface area contributed by atoms with Gasteiger partial charge < -0.3 is 9.84 Å². The van der Waals surface area contributed by atoms with Gasteiger partial charge in [-0.05, 0) is 52.3 Å². The Morgan fingerprint density at radius 2 is 2.00 bits per heavy atom. The minimum atomic E-state index is -0.931. The number of ether oxygens (including phenoxy) is 1. The van der Waals surface area contributed by atoms with Crippen molar-refractivity contribution in [3.05, 3.63) is 49.2 Å². The van der Waals surface area contributed by atoms with Gasteiger partial charge in [0, 0.05) is 8.45 Å². The molecule has 0 aliphatic rings. The Hall–Kier alpha value is -1.08. The van der Waals surface area contributed by atoms with Crippen molar-refractivity contribution in [2.45, 2.75) is 26.4 Å². The van der Waals surface area contributed by atoms with Gasteiger partial charge in [-0.25, -0.2) is 4.79 Å². The van der Waals surface area contributed by atoms with E-state index in [1.54, 1.807) is 0 Å². The van der Waals surface area contributed by atoms with E-state index in [9.17, 15) is 9.90 Å². The Balaban J connectivity index is 2.15. The molecule has 0 aliphatic carbocycles. The second kappa shape index (κ2) is 6.58. The summed E-state index contributed by atoms with van der Waals surface area (Å²) < 4.78 is 6.84. The molecule has 0 unspecified atom stereocenters. The van der Waals surface area contributed by atoms with Crippen LogP contribution in [-0.4, -0.2) is 11.1 Å². The van der Waals surface area contributed by atoms with E-state index < -0.39 is 5.97 Å². The molecule has 0 amide bonds. The zero-order chi connectivity index (χ0) is 14.7. The van der Waals surface area contributed by atoms with Gasteiger partial charge in [0.1, 0.15) is 12.4 Å².